The molecule has 6 heteroatoms. The molecule has 3 aromatic rings. The summed E-state index contributed by atoms with van der Waals surface area (Å²) in [6, 6.07) is 25.8. The van der Waals surface area contributed by atoms with Gasteiger partial charge in [-0.15, -0.1) is 0 Å². The van der Waals surface area contributed by atoms with Gasteiger partial charge >= 0.3 is 0 Å². The Morgan fingerprint density at radius 2 is 1.32 bits per heavy atom. The fourth-order valence-corrected chi connectivity index (χ4v) is 5.89. The number of rotatable bonds is 9. The van der Waals surface area contributed by atoms with Gasteiger partial charge in [0.25, 0.3) is 7.37 Å². The molecule has 2 atom stereocenters. The molecule has 0 saturated carbocycles. The lowest BCUT2D eigenvalue weighted by atomic mass is 10.2. The Kier molecular flexibility index (Phi) is 7.42. The van der Waals surface area contributed by atoms with Gasteiger partial charge in [-0.2, -0.15) is 0 Å². The van der Waals surface area contributed by atoms with Crippen molar-refractivity contribution in [1.29, 1.82) is 0 Å². The largest absolute Gasteiger partial charge is 0.378 e. The number of hydrogen-bond donors (Lipinski definition) is 1. The Hall–Kier alpha value is -2.75. The fourth-order valence-electron chi connectivity index (χ4n) is 3.46. The van der Waals surface area contributed by atoms with Crippen LogP contribution in [0.2, 0.25) is 0 Å². The number of hydrogen-bond acceptors (Lipinski definition) is 5. The first kappa shape index (κ1) is 22.9. The zero-order valence-corrected chi connectivity index (χ0v) is 19.8. The van der Waals surface area contributed by atoms with Gasteiger partial charge in [-0.25, -0.2) is 0 Å². The summed E-state index contributed by atoms with van der Waals surface area (Å²) in [5.41, 5.74) is 3.95. The molecule has 0 saturated heterocycles. The molecule has 3 rings (SSSR count). The molecule has 31 heavy (non-hydrogen) atoms. The van der Waals surface area contributed by atoms with E-state index in [9.17, 15) is 4.57 Å². The van der Waals surface area contributed by atoms with Crippen LogP contribution in [0.15, 0.2) is 78.9 Å². The first-order valence-electron chi connectivity index (χ1n) is 10.5. The molecular weight excluding hydrogens is 405 g/mol. The average molecular weight is 438 g/mol. The maximum Gasteiger partial charge on any atom is 0.258 e. The molecule has 0 aliphatic carbocycles. The second-order valence-electron chi connectivity index (χ2n) is 7.82. The second kappa shape index (κ2) is 10.0. The zero-order valence-electron chi connectivity index (χ0n) is 18.9. The number of anilines is 3. The van der Waals surface area contributed by atoms with E-state index in [1.165, 1.54) is 0 Å². The highest BCUT2D eigenvalue weighted by atomic mass is 31.2. The van der Waals surface area contributed by atoms with Crippen LogP contribution in [-0.4, -0.2) is 34.8 Å². The van der Waals surface area contributed by atoms with Crippen LogP contribution in [0.3, 0.4) is 0 Å². The normalized spacial score (nSPS) is 13.8. The van der Waals surface area contributed by atoms with Crippen LogP contribution < -0.4 is 20.4 Å². The Balaban J connectivity index is 2.09. The molecule has 0 unspecified atom stereocenters. The SMILES string of the molecule is CCO[P@](=O)(c1ccc(N(C)C)cc1)[C@H](Nc1ccccc1)c1ccc(N(C)C)cc1. The Morgan fingerprint density at radius 1 is 0.806 bits per heavy atom. The summed E-state index contributed by atoms with van der Waals surface area (Å²) >= 11 is 0. The minimum atomic E-state index is -3.30. The Morgan fingerprint density at radius 3 is 1.81 bits per heavy atom. The maximum absolute atomic E-state index is 14.5. The maximum atomic E-state index is 14.5. The summed E-state index contributed by atoms with van der Waals surface area (Å²) in [7, 11) is 4.69. The van der Waals surface area contributed by atoms with Crippen LogP contribution in [-0.2, 0) is 9.09 Å². The van der Waals surface area contributed by atoms with Crippen molar-refractivity contribution >= 4 is 29.7 Å². The van der Waals surface area contributed by atoms with Crippen LogP contribution in [0.5, 0.6) is 0 Å². The van der Waals surface area contributed by atoms with Crippen molar-refractivity contribution in [1.82, 2.24) is 0 Å². The molecule has 0 aromatic heterocycles. The van der Waals surface area contributed by atoms with E-state index in [0.717, 1.165) is 22.6 Å². The molecule has 0 aliphatic rings. The van der Waals surface area contributed by atoms with Crippen molar-refractivity contribution < 1.29 is 9.09 Å². The first-order chi connectivity index (χ1) is 14.8. The van der Waals surface area contributed by atoms with Crippen molar-refractivity contribution in [2.24, 2.45) is 0 Å². The highest BCUT2D eigenvalue weighted by Gasteiger charge is 2.37. The summed E-state index contributed by atoms with van der Waals surface area (Å²) in [5.74, 6) is -0.517. The molecular formula is C25H32N3O2P. The van der Waals surface area contributed by atoms with Crippen LogP contribution in [0, 0.1) is 0 Å². The van der Waals surface area contributed by atoms with E-state index in [1.54, 1.807) is 0 Å². The molecule has 0 heterocycles. The van der Waals surface area contributed by atoms with Crippen LogP contribution in [0.1, 0.15) is 18.3 Å². The first-order valence-corrected chi connectivity index (χ1v) is 12.2. The van der Waals surface area contributed by atoms with Crippen LogP contribution >= 0.6 is 7.37 Å². The van der Waals surface area contributed by atoms with Gasteiger partial charge in [-0.05, 0) is 61.0 Å². The third kappa shape index (κ3) is 5.30. The second-order valence-corrected chi connectivity index (χ2v) is 10.3. The lowest BCUT2D eigenvalue weighted by Gasteiger charge is -2.30. The lowest BCUT2D eigenvalue weighted by Crippen LogP contribution is -2.21. The summed E-state index contributed by atoms with van der Waals surface area (Å²) in [4.78, 5) is 4.07. The quantitative estimate of drug-likeness (QED) is 0.444. The van der Waals surface area contributed by atoms with Crippen molar-refractivity contribution in [3.63, 3.8) is 0 Å². The third-order valence-corrected chi connectivity index (χ3v) is 7.96. The molecule has 5 nitrogen and oxygen atoms in total. The standard InChI is InChI=1S/C25H32N3O2P/c1-6-30-31(29,24-18-16-23(17-19-24)28(4)5)25(26-21-10-8-7-9-11-21)20-12-14-22(15-13-20)27(2)3/h7-19,25-26H,6H2,1-5H3/t25-,31+/m0/s1. The minimum Gasteiger partial charge on any atom is -0.378 e. The zero-order chi connectivity index (χ0) is 22.4. The highest BCUT2D eigenvalue weighted by Crippen LogP contribution is 2.59. The summed E-state index contributed by atoms with van der Waals surface area (Å²) < 4.78 is 20.6. The number of nitrogens with zero attached hydrogens (tertiary/aromatic N) is 2. The minimum absolute atomic E-state index is 0.357. The monoisotopic (exact) mass is 437 g/mol. The van der Waals surface area contributed by atoms with Gasteiger partial charge in [0.1, 0.15) is 5.78 Å². The van der Waals surface area contributed by atoms with Crippen molar-refractivity contribution in [3.8, 4) is 0 Å². The Labute approximate surface area is 186 Å². The van der Waals surface area contributed by atoms with Gasteiger partial charge in [0.15, 0.2) is 0 Å². The van der Waals surface area contributed by atoms with E-state index in [-0.39, 0.29) is 0 Å². The van der Waals surface area contributed by atoms with Crippen LogP contribution in [0.4, 0.5) is 17.1 Å². The van der Waals surface area contributed by atoms with E-state index in [1.807, 2.05) is 124 Å². The van der Waals surface area contributed by atoms with E-state index >= 15 is 0 Å². The molecule has 0 bridgehead atoms. The molecule has 0 aliphatic heterocycles. The molecule has 1 N–H and O–H groups in total. The summed E-state index contributed by atoms with van der Waals surface area (Å²) in [5, 5.41) is 4.19. The molecule has 3 aromatic carbocycles. The van der Waals surface area contributed by atoms with Crippen LogP contribution in [0.25, 0.3) is 0 Å². The molecule has 0 fully saturated rings. The molecule has 164 valence electrons. The number of para-hydroxylation sites is 1. The van der Waals surface area contributed by atoms with Crippen molar-refractivity contribution in [2.45, 2.75) is 12.7 Å². The highest BCUT2D eigenvalue weighted by molar-refractivity contribution is 7.67. The predicted octanol–water partition coefficient (Wildman–Crippen LogP) is 5.57. The van der Waals surface area contributed by atoms with Gasteiger partial charge in [-0.1, -0.05) is 30.3 Å². The van der Waals surface area contributed by atoms with Gasteiger partial charge in [0.2, 0.25) is 0 Å². The van der Waals surface area contributed by atoms with Gasteiger partial charge < -0.3 is 19.6 Å². The van der Waals surface area contributed by atoms with E-state index in [0.29, 0.717) is 11.9 Å². The molecule has 0 spiro atoms. The smallest absolute Gasteiger partial charge is 0.258 e. The topological polar surface area (TPSA) is 44.8 Å². The Bertz CT molecular complexity index is 1000. The van der Waals surface area contributed by atoms with Crippen molar-refractivity contribution in [2.75, 3.05) is 49.9 Å². The van der Waals surface area contributed by atoms with Crippen molar-refractivity contribution in [3.05, 3.63) is 84.4 Å². The van der Waals surface area contributed by atoms with E-state index in [4.69, 9.17) is 4.52 Å². The average Bonchev–Trinajstić information content (AvgIpc) is 2.78. The lowest BCUT2D eigenvalue weighted by molar-refractivity contribution is 0.335. The summed E-state index contributed by atoms with van der Waals surface area (Å²) in [6.45, 7) is 2.24. The van der Waals surface area contributed by atoms with Gasteiger partial charge in [0, 0.05) is 50.6 Å². The fraction of sp³-hybridized carbons (Fsp3) is 0.280. The van der Waals surface area contributed by atoms with Gasteiger partial charge in [0.05, 0.1) is 6.61 Å². The third-order valence-electron chi connectivity index (χ3n) is 5.19. The molecule has 0 radical (unpaired) electrons. The summed E-state index contributed by atoms with van der Waals surface area (Å²) in [6.07, 6.45) is 0. The predicted molar refractivity (Wildman–Crippen MR) is 133 cm³/mol. The van der Waals surface area contributed by atoms with E-state index < -0.39 is 13.2 Å². The van der Waals surface area contributed by atoms with E-state index in [2.05, 4.69) is 5.32 Å². The number of benzene rings is 3. The number of nitrogens with one attached hydrogen (secondary N) is 1. The molecule has 0 amide bonds. The van der Waals surface area contributed by atoms with Gasteiger partial charge in [-0.3, -0.25) is 4.57 Å².